The molecule has 0 radical (unpaired) electrons. The number of carbonyl (C=O) groups excluding carboxylic acids is 2. The number of unbranched alkanes of at least 4 members (excludes halogenated alkanes) is 22. The molecule has 0 aromatic heterocycles. The molecule has 0 aromatic rings. The molecule has 8 atom stereocenters. The van der Waals surface area contributed by atoms with E-state index in [-0.39, 0.29) is 12.8 Å². The van der Waals surface area contributed by atoms with Crippen LogP contribution in [0.2, 0.25) is 0 Å². The molecule has 1 saturated carbocycles. The van der Waals surface area contributed by atoms with Gasteiger partial charge in [0, 0.05) is 12.8 Å². The van der Waals surface area contributed by atoms with E-state index in [1.54, 1.807) is 0 Å². The number of ether oxygens (including phenoxy) is 2. The van der Waals surface area contributed by atoms with E-state index in [0.29, 0.717) is 12.8 Å². The highest BCUT2D eigenvalue weighted by atomic mass is 31.2. The summed E-state index contributed by atoms with van der Waals surface area (Å²) in [6.07, 6.45) is 19.9. The van der Waals surface area contributed by atoms with Crippen molar-refractivity contribution in [2.45, 2.75) is 230 Å². The Hall–Kier alpha value is -1.41. The van der Waals surface area contributed by atoms with Gasteiger partial charge < -0.3 is 39.9 Å². The molecule has 1 aliphatic carbocycles. The van der Waals surface area contributed by atoms with Crippen molar-refractivity contribution in [1.29, 1.82) is 0 Å². The summed E-state index contributed by atoms with van der Waals surface area (Å²) in [7, 11) is -5.11. The van der Waals surface area contributed by atoms with Gasteiger partial charge in [-0.3, -0.25) is 18.6 Å². The molecule has 0 aromatic carbocycles. The maximum Gasteiger partial charge on any atom is 0.472 e. The van der Waals surface area contributed by atoms with E-state index >= 15 is 0 Å². The molecule has 1 aliphatic rings. The van der Waals surface area contributed by atoms with Crippen LogP contribution in [-0.4, -0.2) is 98.3 Å². The summed E-state index contributed by atoms with van der Waals surface area (Å²) in [6, 6.07) is 0. The maximum absolute atomic E-state index is 12.8. The topological polar surface area (TPSA) is 210 Å². The average molecular weight is 823 g/mol. The fourth-order valence-electron chi connectivity index (χ4n) is 6.75. The second kappa shape index (κ2) is 33.4. The standard InChI is InChI=1S/C42H79O13P/c1-3-5-7-9-11-13-15-17-18-19-21-22-24-26-28-30-35(43)52-32-34(54-36(44)31-29-27-25-23-20-16-14-12-10-8-6-4-2)33-53-56(50,51)55-42-40(48)38(46)37(45)39(47)41(42)49/h19,21,34,37-42,45-49H,3-18,20,22-33H2,1-2H3,(H,50,51)/b21-19+/t34-,37?,38-,39?,40?,41?,42?/m0/s1. The summed E-state index contributed by atoms with van der Waals surface area (Å²) in [6.45, 7) is 3.27. The normalized spacial score (nSPS) is 22.9. The number of carbonyl (C=O) groups is 2. The Kier molecular flexibility index (Phi) is 31.4. The van der Waals surface area contributed by atoms with Crippen molar-refractivity contribution in [3.05, 3.63) is 12.2 Å². The largest absolute Gasteiger partial charge is 0.472 e. The quantitative estimate of drug-likeness (QED) is 0.0154. The van der Waals surface area contributed by atoms with Crippen LogP contribution >= 0.6 is 7.82 Å². The summed E-state index contributed by atoms with van der Waals surface area (Å²) in [5.74, 6) is -1.11. The Morgan fingerprint density at radius 2 is 0.911 bits per heavy atom. The third kappa shape index (κ3) is 25.8. The number of aliphatic hydroxyl groups is 5. The highest BCUT2D eigenvalue weighted by Crippen LogP contribution is 2.47. The molecule has 14 heteroatoms. The van der Waals surface area contributed by atoms with Crippen molar-refractivity contribution >= 4 is 19.8 Å². The first kappa shape index (κ1) is 52.6. The molecule has 13 nitrogen and oxygen atoms in total. The fraction of sp³-hybridized carbons (Fsp3) is 0.905. The van der Waals surface area contributed by atoms with Crippen LogP contribution in [0.1, 0.15) is 187 Å². The second-order valence-electron chi connectivity index (χ2n) is 15.6. The number of hydrogen-bond acceptors (Lipinski definition) is 12. The lowest BCUT2D eigenvalue weighted by atomic mass is 9.85. The summed E-state index contributed by atoms with van der Waals surface area (Å²) in [5.41, 5.74) is 0. The fourth-order valence-corrected chi connectivity index (χ4v) is 7.73. The minimum absolute atomic E-state index is 0.0985. The molecule has 0 bridgehead atoms. The van der Waals surface area contributed by atoms with Crippen LogP contribution in [0.25, 0.3) is 0 Å². The Labute approximate surface area is 337 Å². The molecular formula is C42H79O13P. The average Bonchev–Trinajstić information content (AvgIpc) is 3.18. The number of aliphatic hydroxyl groups excluding tert-OH is 5. The van der Waals surface area contributed by atoms with E-state index in [2.05, 4.69) is 26.0 Å². The van der Waals surface area contributed by atoms with Gasteiger partial charge >= 0.3 is 19.8 Å². The number of phosphoric ester groups is 1. The molecule has 0 spiro atoms. The van der Waals surface area contributed by atoms with Crippen molar-refractivity contribution in [2.75, 3.05) is 13.2 Å². The van der Waals surface area contributed by atoms with Gasteiger partial charge in [0.05, 0.1) is 6.61 Å². The van der Waals surface area contributed by atoms with E-state index in [0.717, 1.165) is 51.4 Å². The number of hydrogen-bond donors (Lipinski definition) is 6. The number of esters is 2. The summed E-state index contributed by atoms with van der Waals surface area (Å²) in [5, 5.41) is 50.0. The molecule has 1 rings (SSSR count). The van der Waals surface area contributed by atoms with Gasteiger partial charge in [0.1, 0.15) is 43.2 Å². The highest BCUT2D eigenvalue weighted by Gasteiger charge is 2.51. The molecule has 0 heterocycles. The Morgan fingerprint density at radius 1 is 0.536 bits per heavy atom. The van der Waals surface area contributed by atoms with Crippen molar-refractivity contribution in [3.63, 3.8) is 0 Å². The van der Waals surface area contributed by atoms with E-state index < -0.39 is 75.7 Å². The lowest BCUT2D eigenvalue weighted by Crippen LogP contribution is -2.64. The second-order valence-corrected chi connectivity index (χ2v) is 17.0. The lowest BCUT2D eigenvalue weighted by molar-refractivity contribution is -0.220. The first-order valence-corrected chi connectivity index (χ1v) is 23.5. The monoisotopic (exact) mass is 823 g/mol. The molecular weight excluding hydrogens is 743 g/mol. The third-order valence-corrected chi connectivity index (χ3v) is 11.3. The minimum atomic E-state index is -5.11. The van der Waals surface area contributed by atoms with E-state index in [1.807, 2.05) is 0 Å². The van der Waals surface area contributed by atoms with Crippen molar-refractivity contribution in [1.82, 2.24) is 0 Å². The van der Waals surface area contributed by atoms with Crippen molar-refractivity contribution < 1.29 is 63.1 Å². The Balaban J connectivity index is 2.49. The Morgan fingerprint density at radius 3 is 1.38 bits per heavy atom. The van der Waals surface area contributed by atoms with E-state index in [4.69, 9.17) is 18.5 Å². The zero-order valence-corrected chi connectivity index (χ0v) is 35.6. The molecule has 6 unspecified atom stereocenters. The van der Waals surface area contributed by atoms with E-state index in [1.165, 1.54) is 96.3 Å². The first-order chi connectivity index (χ1) is 26.9. The summed E-state index contributed by atoms with van der Waals surface area (Å²) < 4.78 is 33.4. The van der Waals surface area contributed by atoms with Gasteiger partial charge in [-0.2, -0.15) is 0 Å². The van der Waals surface area contributed by atoms with Gasteiger partial charge in [0.25, 0.3) is 0 Å². The summed E-state index contributed by atoms with van der Waals surface area (Å²) >= 11 is 0. The van der Waals surface area contributed by atoms with Crippen LogP contribution in [0.4, 0.5) is 0 Å². The SMILES string of the molecule is CCCCCCCCCC/C=C/CCCCCC(=O)OC[C@@H](COP(=O)(O)OC1C(O)C(O)C(O)[C@H](O)C1O)OC(=O)CCCCCCCCCCCCCC. The zero-order chi connectivity index (χ0) is 41.4. The maximum atomic E-state index is 12.8. The van der Waals surface area contributed by atoms with Crippen molar-refractivity contribution in [3.8, 4) is 0 Å². The zero-order valence-electron chi connectivity index (χ0n) is 34.7. The molecule has 330 valence electrons. The highest BCUT2D eigenvalue weighted by molar-refractivity contribution is 7.47. The molecule has 0 saturated heterocycles. The molecule has 56 heavy (non-hydrogen) atoms. The van der Waals surface area contributed by atoms with Crippen LogP contribution in [0.3, 0.4) is 0 Å². The number of allylic oxidation sites excluding steroid dienone is 2. The van der Waals surface area contributed by atoms with Gasteiger partial charge in [-0.1, -0.05) is 148 Å². The predicted octanol–water partition coefficient (Wildman–Crippen LogP) is 7.89. The van der Waals surface area contributed by atoms with Crippen molar-refractivity contribution in [2.24, 2.45) is 0 Å². The van der Waals surface area contributed by atoms with Crippen LogP contribution < -0.4 is 0 Å². The molecule has 0 amide bonds. The number of rotatable bonds is 36. The van der Waals surface area contributed by atoms with Crippen LogP contribution in [0.15, 0.2) is 12.2 Å². The predicted molar refractivity (Wildman–Crippen MR) is 217 cm³/mol. The van der Waals surface area contributed by atoms with E-state index in [9.17, 15) is 44.6 Å². The first-order valence-electron chi connectivity index (χ1n) is 22.0. The van der Waals surface area contributed by atoms with Gasteiger partial charge in [-0.25, -0.2) is 4.57 Å². The molecule has 0 aliphatic heterocycles. The smallest absolute Gasteiger partial charge is 0.462 e. The Bertz CT molecular complexity index is 1040. The number of phosphoric acid groups is 1. The van der Waals surface area contributed by atoms with Gasteiger partial charge in [0.15, 0.2) is 6.10 Å². The molecule has 6 N–H and O–H groups in total. The van der Waals surface area contributed by atoms with Crippen LogP contribution in [-0.2, 0) is 32.7 Å². The third-order valence-electron chi connectivity index (χ3n) is 10.4. The van der Waals surface area contributed by atoms with Crippen LogP contribution in [0.5, 0.6) is 0 Å². The van der Waals surface area contributed by atoms with Crippen LogP contribution in [0, 0.1) is 0 Å². The minimum Gasteiger partial charge on any atom is -0.462 e. The van der Waals surface area contributed by atoms with Gasteiger partial charge in [-0.05, 0) is 38.5 Å². The van der Waals surface area contributed by atoms with Gasteiger partial charge in [-0.15, -0.1) is 0 Å². The van der Waals surface area contributed by atoms with Gasteiger partial charge in [0.2, 0.25) is 0 Å². The lowest BCUT2D eigenvalue weighted by Gasteiger charge is -2.41. The summed E-state index contributed by atoms with van der Waals surface area (Å²) in [4.78, 5) is 35.6. The molecule has 1 fully saturated rings.